The Bertz CT molecular complexity index is 1030. The van der Waals surface area contributed by atoms with Gasteiger partial charge < -0.3 is 4.90 Å². The summed E-state index contributed by atoms with van der Waals surface area (Å²) in [5, 5.41) is 2.01. The van der Waals surface area contributed by atoms with E-state index in [2.05, 4.69) is 12.1 Å². The van der Waals surface area contributed by atoms with Gasteiger partial charge in [-0.1, -0.05) is 48.5 Å². The minimum atomic E-state index is -0.271. The Morgan fingerprint density at radius 1 is 0.871 bits per heavy atom. The predicted octanol–water partition coefficient (Wildman–Crippen LogP) is 4.40. The molecule has 5 nitrogen and oxygen atoms in total. The van der Waals surface area contributed by atoms with Crippen LogP contribution in [0.2, 0.25) is 0 Å². The molecule has 0 unspecified atom stereocenters. The monoisotopic (exact) mass is 432 g/mol. The van der Waals surface area contributed by atoms with Crippen LogP contribution in [0.5, 0.6) is 0 Å². The zero-order valence-electron chi connectivity index (χ0n) is 17.2. The van der Waals surface area contributed by atoms with Crippen molar-refractivity contribution in [2.75, 3.05) is 13.1 Å². The van der Waals surface area contributed by atoms with Crippen LogP contribution in [0.25, 0.3) is 0 Å². The number of benzene rings is 2. The van der Waals surface area contributed by atoms with E-state index in [4.69, 9.17) is 0 Å². The molecule has 0 spiro atoms. The van der Waals surface area contributed by atoms with Gasteiger partial charge in [-0.05, 0) is 42.0 Å². The minimum Gasteiger partial charge on any atom is -0.337 e. The summed E-state index contributed by atoms with van der Waals surface area (Å²) in [7, 11) is 0. The van der Waals surface area contributed by atoms with E-state index in [-0.39, 0.29) is 24.3 Å². The topological polar surface area (TPSA) is 57.7 Å². The van der Waals surface area contributed by atoms with Crippen LogP contribution in [0.4, 0.5) is 0 Å². The number of nitrogens with zero attached hydrogens (tertiary/aromatic N) is 2. The van der Waals surface area contributed by atoms with Gasteiger partial charge in [0, 0.05) is 24.4 Å². The fraction of sp³-hybridized carbons (Fsp3) is 0.240. The number of hydrogen-bond donors (Lipinski definition) is 0. The zero-order valence-corrected chi connectivity index (χ0v) is 18.0. The van der Waals surface area contributed by atoms with Crippen molar-refractivity contribution in [2.45, 2.75) is 25.8 Å². The van der Waals surface area contributed by atoms with Crippen molar-refractivity contribution < 1.29 is 14.4 Å². The van der Waals surface area contributed by atoms with Gasteiger partial charge >= 0.3 is 0 Å². The van der Waals surface area contributed by atoms with Crippen molar-refractivity contribution in [3.05, 3.63) is 93.7 Å². The molecule has 158 valence electrons. The lowest BCUT2D eigenvalue weighted by Gasteiger charge is -2.23. The second kappa shape index (κ2) is 9.71. The number of carbonyl (C=O) groups excluding carboxylic acids is 3. The van der Waals surface area contributed by atoms with Crippen LogP contribution < -0.4 is 0 Å². The largest absolute Gasteiger partial charge is 0.337 e. The van der Waals surface area contributed by atoms with E-state index >= 15 is 0 Å². The first-order valence-corrected chi connectivity index (χ1v) is 11.3. The van der Waals surface area contributed by atoms with E-state index < -0.39 is 0 Å². The Kier molecular flexibility index (Phi) is 6.57. The van der Waals surface area contributed by atoms with E-state index in [0.29, 0.717) is 37.1 Å². The molecular weight excluding hydrogens is 408 g/mol. The second-order valence-corrected chi connectivity index (χ2v) is 8.57. The van der Waals surface area contributed by atoms with E-state index in [1.807, 2.05) is 40.6 Å². The maximum atomic E-state index is 13.0. The van der Waals surface area contributed by atoms with E-state index in [0.717, 1.165) is 11.3 Å². The maximum Gasteiger partial charge on any atom is 0.261 e. The lowest BCUT2D eigenvalue weighted by atomic mass is 10.1. The summed E-state index contributed by atoms with van der Waals surface area (Å²) in [6.07, 6.45) is 1.54. The molecule has 0 atom stereocenters. The van der Waals surface area contributed by atoms with Gasteiger partial charge in [-0.15, -0.1) is 11.3 Å². The number of amides is 3. The Labute approximate surface area is 185 Å². The Balaban J connectivity index is 1.35. The third kappa shape index (κ3) is 4.91. The van der Waals surface area contributed by atoms with Gasteiger partial charge in [0.1, 0.15) is 0 Å². The highest BCUT2D eigenvalue weighted by molar-refractivity contribution is 7.09. The number of rotatable bonds is 9. The first kappa shape index (κ1) is 21.0. The minimum absolute atomic E-state index is 0.0425. The second-order valence-electron chi connectivity index (χ2n) is 7.54. The van der Waals surface area contributed by atoms with Crippen LogP contribution in [0.15, 0.2) is 72.1 Å². The fourth-order valence-corrected chi connectivity index (χ4v) is 4.50. The Morgan fingerprint density at radius 3 is 2.19 bits per heavy atom. The number of hydrogen-bond acceptors (Lipinski definition) is 4. The molecule has 3 amide bonds. The van der Waals surface area contributed by atoms with Gasteiger partial charge in [0.15, 0.2) is 0 Å². The van der Waals surface area contributed by atoms with E-state index in [1.165, 1.54) is 10.5 Å². The van der Waals surface area contributed by atoms with E-state index in [1.54, 1.807) is 35.6 Å². The van der Waals surface area contributed by atoms with Gasteiger partial charge in [-0.25, -0.2) is 0 Å². The summed E-state index contributed by atoms with van der Waals surface area (Å²) >= 11 is 1.64. The quantitative estimate of drug-likeness (QED) is 0.471. The van der Waals surface area contributed by atoms with Crippen molar-refractivity contribution in [1.82, 2.24) is 9.80 Å². The van der Waals surface area contributed by atoms with Gasteiger partial charge in [-0.3, -0.25) is 19.3 Å². The molecule has 1 aliphatic heterocycles. The molecule has 1 aromatic heterocycles. The Hall–Kier alpha value is -3.25. The molecule has 3 aromatic rings. The fourth-order valence-electron chi connectivity index (χ4n) is 3.78. The molecule has 0 bridgehead atoms. The zero-order chi connectivity index (χ0) is 21.6. The number of carbonyl (C=O) groups is 3. The molecule has 0 N–H and O–H groups in total. The van der Waals surface area contributed by atoms with Gasteiger partial charge in [0.2, 0.25) is 5.91 Å². The summed E-state index contributed by atoms with van der Waals surface area (Å²) in [5.74, 6) is -0.499. The molecule has 2 heterocycles. The summed E-state index contributed by atoms with van der Waals surface area (Å²) in [6.45, 7) is 1.47. The highest BCUT2D eigenvalue weighted by Crippen LogP contribution is 2.23. The molecule has 1 aliphatic rings. The molecule has 0 saturated carbocycles. The number of imide groups is 1. The maximum absolute atomic E-state index is 13.0. The van der Waals surface area contributed by atoms with Crippen LogP contribution in [-0.2, 0) is 17.8 Å². The van der Waals surface area contributed by atoms with Crippen LogP contribution in [0, 0.1) is 0 Å². The molecule has 0 radical (unpaired) electrons. The molecular formula is C25H24N2O3S. The molecule has 2 aromatic carbocycles. The normalized spacial score (nSPS) is 12.8. The van der Waals surface area contributed by atoms with Crippen molar-refractivity contribution in [2.24, 2.45) is 0 Å². The van der Waals surface area contributed by atoms with Crippen LogP contribution in [-0.4, -0.2) is 40.6 Å². The van der Waals surface area contributed by atoms with Crippen molar-refractivity contribution in [1.29, 1.82) is 0 Å². The molecule has 0 aliphatic carbocycles. The first-order chi connectivity index (χ1) is 15.1. The van der Waals surface area contributed by atoms with Crippen LogP contribution >= 0.6 is 11.3 Å². The SMILES string of the molecule is O=C(CCCN1C(=O)c2ccccc2C1=O)N(CCc1ccccc1)Cc1cccs1. The van der Waals surface area contributed by atoms with Gasteiger partial charge in [-0.2, -0.15) is 0 Å². The highest BCUT2D eigenvalue weighted by atomic mass is 32.1. The number of thiophene rings is 1. The molecule has 0 saturated heterocycles. The lowest BCUT2D eigenvalue weighted by molar-refractivity contribution is -0.131. The Morgan fingerprint density at radius 2 is 1.55 bits per heavy atom. The number of fused-ring (bicyclic) bond motifs is 1. The van der Waals surface area contributed by atoms with Crippen LogP contribution in [0.3, 0.4) is 0 Å². The van der Waals surface area contributed by atoms with Crippen LogP contribution in [0.1, 0.15) is 44.0 Å². The third-order valence-corrected chi connectivity index (χ3v) is 6.30. The van der Waals surface area contributed by atoms with Crippen molar-refractivity contribution in [3.8, 4) is 0 Å². The van der Waals surface area contributed by atoms with E-state index in [9.17, 15) is 14.4 Å². The average molecular weight is 433 g/mol. The lowest BCUT2D eigenvalue weighted by Crippen LogP contribution is -2.34. The van der Waals surface area contributed by atoms with Crippen molar-refractivity contribution in [3.63, 3.8) is 0 Å². The summed E-state index contributed by atoms with van der Waals surface area (Å²) in [4.78, 5) is 42.3. The molecule has 0 fully saturated rings. The third-order valence-electron chi connectivity index (χ3n) is 5.44. The smallest absolute Gasteiger partial charge is 0.261 e. The summed E-state index contributed by atoms with van der Waals surface area (Å²) < 4.78 is 0. The molecule has 31 heavy (non-hydrogen) atoms. The average Bonchev–Trinajstić information content (AvgIpc) is 3.40. The molecule has 6 heteroatoms. The standard InChI is InChI=1S/C25H24N2O3S/c28-23(13-6-15-27-24(29)21-11-4-5-12-22(21)25(27)30)26(18-20-10-7-17-31-20)16-14-19-8-2-1-3-9-19/h1-5,7-12,17H,6,13-16,18H2. The first-order valence-electron chi connectivity index (χ1n) is 10.4. The summed E-state index contributed by atoms with van der Waals surface area (Å²) in [6, 6.07) is 21.0. The van der Waals surface area contributed by atoms with Gasteiger partial charge in [0.25, 0.3) is 11.8 Å². The summed E-state index contributed by atoms with van der Waals surface area (Å²) in [5.41, 5.74) is 2.08. The van der Waals surface area contributed by atoms with Crippen molar-refractivity contribution >= 4 is 29.1 Å². The highest BCUT2D eigenvalue weighted by Gasteiger charge is 2.34. The predicted molar refractivity (Wildman–Crippen MR) is 121 cm³/mol. The van der Waals surface area contributed by atoms with Gasteiger partial charge in [0.05, 0.1) is 17.7 Å². The molecule has 4 rings (SSSR count).